The molecule has 0 spiro atoms. The number of hydrogen-bond donors (Lipinski definition) is 3. The number of oxazole rings is 1. The summed E-state index contributed by atoms with van der Waals surface area (Å²) in [6, 6.07) is 11.9. The molecule has 2 heterocycles. The van der Waals surface area contributed by atoms with Crippen molar-refractivity contribution in [2.45, 2.75) is 32.6 Å². The van der Waals surface area contributed by atoms with Crippen molar-refractivity contribution in [2.75, 3.05) is 0 Å². The molecular formula is C22H20F4N4O4. The number of nitrogens with zero attached hydrogens (tertiary/aromatic N) is 2. The smallest absolute Gasteiger partial charge is 0.475 e. The molecule has 4 aromatic rings. The normalized spacial score (nSPS) is 12.3. The lowest BCUT2D eigenvalue weighted by Gasteiger charge is -2.13. The van der Waals surface area contributed by atoms with Gasteiger partial charge in [0.15, 0.2) is 5.58 Å². The first-order chi connectivity index (χ1) is 15.9. The number of halogens is 4. The standard InChI is InChI=1S/C20H19FN4O2.C2HF3O2/c1-12(14-3-8-18-19(9-14)27-20(26)23-18)22-10-15-11-25(24-13(15)2)17-6-4-16(21)5-7-17;3-2(4,5)1(6)7/h3-9,11-12,22H,10H2,1-2H3,(H,23,26);(H,6,7). The molecule has 0 saturated heterocycles. The quantitative estimate of drug-likeness (QED) is 0.369. The van der Waals surface area contributed by atoms with Crippen molar-refractivity contribution in [3.63, 3.8) is 0 Å². The largest absolute Gasteiger partial charge is 0.490 e. The highest BCUT2D eigenvalue weighted by Crippen LogP contribution is 2.20. The number of nitrogens with one attached hydrogen (secondary N) is 2. The zero-order valence-corrected chi connectivity index (χ0v) is 18.0. The number of carbonyl (C=O) groups is 1. The van der Waals surface area contributed by atoms with Crippen LogP contribution in [0.25, 0.3) is 16.8 Å². The van der Waals surface area contributed by atoms with Crippen LogP contribution in [0.1, 0.15) is 29.8 Å². The molecular weight excluding hydrogens is 460 g/mol. The van der Waals surface area contributed by atoms with Gasteiger partial charge in [-0.2, -0.15) is 18.3 Å². The third-order valence-corrected chi connectivity index (χ3v) is 4.88. The van der Waals surface area contributed by atoms with E-state index in [9.17, 15) is 22.4 Å². The van der Waals surface area contributed by atoms with E-state index in [2.05, 4.69) is 15.4 Å². The van der Waals surface area contributed by atoms with Gasteiger partial charge in [-0.15, -0.1) is 0 Å². The van der Waals surface area contributed by atoms with Crippen LogP contribution in [-0.4, -0.2) is 32.0 Å². The molecule has 2 aromatic carbocycles. The Morgan fingerprint density at radius 1 is 1.24 bits per heavy atom. The number of rotatable bonds is 5. The van der Waals surface area contributed by atoms with Crippen molar-refractivity contribution < 1.29 is 31.9 Å². The van der Waals surface area contributed by atoms with Crippen LogP contribution in [0, 0.1) is 12.7 Å². The second kappa shape index (κ2) is 9.91. The van der Waals surface area contributed by atoms with Gasteiger partial charge in [-0.25, -0.2) is 18.7 Å². The van der Waals surface area contributed by atoms with Crippen molar-refractivity contribution in [1.82, 2.24) is 20.1 Å². The van der Waals surface area contributed by atoms with Gasteiger partial charge >= 0.3 is 17.9 Å². The van der Waals surface area contributed by atoms with Gasteiger partial charge in [0.25, 0.3) is 0 Å². The van der Waals surface area contributed by atoms with E-state index in [0.717, 1.165) is 22.5 Å². The summed E-state index contributed by atoms with van der Waals surface area (Å²) in [5.41, 5.74) is 5.03. The second-order valence-electron chi connectivity index (χ2n) is 7.34. The van der Waals surface area contributed by atoms with Gasteiger partial charge in [0.05, 0.1) is 16.9 Å². The van der Waals surface area contributed by atoms with Crippen LogP contribution in [0.15, 0.2) is 57.9 Å². The zero-order chi connectivity index (χ0) is 25.0. The van der Waals surface area contributed by atoms with E-state index in [-0.39, 0.29) is 11.9 Å². The predicted molar refractivity (Wildman–Crippen MR) is 114 cm³/mol. The monoisotopic (exact) mass is 480 g/mol. The number of aliphatic carboxylic acids is 1. The minimum absolute atomic E-state index is 0.0585. The molecule has 0 aliphatic heterocycles. The fourth-order valence-electron chi connectivity index (χ4n) is 3.01. The van der Waals surface area contributed by atoms with Crippen molar-refractivity contribution >= 4 is 17.1 Å². The van der Waals surface area contributed by atoms with Crippen LogP contribution in [0.5, 0.6) is 0 Å². The third-order valence-electron chi connectivity index (χ3n) is 4.88. The number of carboxylic acid groups (broad SMARTS) is 1. The highest BCUT2D eigenvalue weighted by molar-refractivity contribution is 5.73. The molecule has 1 atom stereocenters. The van der Waals surface area contributed by atoms with Crippen LogP contribution in [0.4, 0.5) is 17.6 Å². The summed E-state index contributed by atoms with van der Waals surface area (Å²) >= 11 is 0. The van der Waals surface area contributed by atoms with Crippen molar-refractivity contribution in [3.8, 4) is 5.69 Å². The number of aromatic amines is 1. The molecule has 4 rings (SSSR count). The molecule has 0 amide bonds. The molecule has 2 aromatic heterocycles. The Kier molecular flexibility index (Phi) is 7.20. The SMILES string of the molecule is Cc1nn(-c2ccc(F)cc2)cc1CNC(C)c1ccc2[nH]c(=O)oc2c1.O=C(O)C(F)(F)F. The minimum Gasteiger partial charge on any atom is -0.475 e. The van der Waals surface area contributed by atoms with E-state index in [0.29, 0.717) is 17.6 Å². The Labute approximate surface area is 189 Å². The average molecular weight is 480 g/mol. The van der Waals surface area contributed by atoms with Gasteiger partial charge in [-0.3, -0.25) is 4.98 Å². The lowest BCUT2D eigenvalue weighted by Crippen LogP contribution is -2.21. The van der Waals surface area contributed by atoms with E-state index in [4.69, 9.17) is 14.3 Å². The Bertz CT molecular complexity index is 1340. The molecule has 1 unspecified atom stereocenters. The van der Waals surface area contributed by atoms with E-state index in [1.807, 2.05) is 38.2 Å². The average Bonchev–Trinajstić information content (AvgIpc) is 3.33. The molecule has 12 heteroatoms. The lowest BCUT2D eigenvalue weighted by atomic mass is 10.1. The fourth-order valence-corrected chi connectivity index (χ4v) is 3.01. The molecule has 0 aliphatic rings. The molecule has 3 N–H and O–H groups in total. The highest BCUT2D eigenvalue weighted by atomic mass is 19.4. The maximum Gasteiger partial charge on any atom is 0.490 e. The summed E-state index contributed by atoms with van der Waals surface area (Å²) in [5.74, 6) is -3.48. The van der Waals surface area contributed by atoms with Gasteiger partial charge < -0.3 is 14.8 Å². The summed E-state index contributed by atoms with van der Waals surface area (Å²) in [6.07, 6.45) is -3.14. The van der Waals surface area contributed by atoms with Gasteiger partial charge in [0, 0.05) is 24.3 Å². The topological polar surface area (TPSA) is 113 Å². The summed E-state index contributed by atoms with van der Waals surface area (Å²) in [5, 5.41) is 15.1. The number of fused-ring (bicyclic) bond motifs is 1. The predicted octanol–water partition coefficient (Wildman–Crippen LogP) is 4.24. The first kappa shape index (κ1) is 24.7. The van der Waals surface area contributed by atoms with Crippen molar-refractivity contribution in [2.24, 2.45) is 0 Å². The van der Waals surface area contributed by atoms with Crippen LogP contribution in [0.3, 0.4) is 0 Å². The first-order valence-corrected chi connectivity index (χ1v) is 9.91. The molecule has 8 nitrogen and oxygen atoms in total. The molecule has 180 valence electrons. The second-order valence-corrected chi connectivity index (χ2v) is 7.34. The number of carboxylic acids is 1. The first-order valence-electron chi connectivity index (χ1n) is 9.91. The Hall–Kier alpha value is -3.93. The number of benzene rings is 2. The number of H-pyrrole nitrogens is 1. The van der Waals surface area contributed by atoms with Crippen LogP contribution in [-0.2, 0) is 11.3 Å². The fraction of sp³-hybridized carbons (Fsp3) is 0.227. The van der Waals surface area contributed by atoms with Gasteiger partial charge in [-0.05, 0) is 55.8 Å². The molecule has 34 heavy (non-hydrogen) atoms. The van der Waals surface area contributed by atoms with E-state index < -0.39 is 17.9 Å². The summed E-state index contributed by atoms with van der Waals surface area (Å²) in [7, 11) is 0. The molecule has 0 radical (unpaired) electrons. The van der Waals surface area contributed by atoms with Gasteiger partial charge in [0.1, 0.15) is 5.82 Å². The number of aryl methyl sites for hydroxylation is 1. The van der Waals surface area contributed by atoms with E-state index in [1.54, 1.807) is 16.8 Å². The van der Waals surface area contributed by atoms with Gasteiger partial charge in [0.2, 0.25) is 0 Å². The molecule has 0 saturated carbocycles. The minimum atomic E-state index is -5.08. The maximum atomic E-state index is 13.1. The third kappa shape index (κ3) is 6.10. The Morgan fingerprint density at radius 2 is 1.88 bits per heavy atom. The van der Waals surface area contributed by atoms with E-state index in [1.165, 1.54) is 12.1 Å². The van der Waals surface area contributed by atoms with Crippen molar-refractivity contribution in [3.05, 3.63) is 81.9 Å². The van der Waals surface area contributed by atoms with Crippen LogP contribution >= 0.6 is 0 Å². The molecule has 0 fully saturated rings. The summed E-state index contributed by atoms with van der Waals surface area (Å²) in [4.78, 5) is 22.8. The lowest BCUT2D eigenvalue weighted by molar-refractivity contribution is -0.192. The zero-order valence-electron chi connectivity index (χ0n) is 18.0. The summed E-state index contributed by atoms with van der Waals surface area (Å²) < 4.78 is 51.7. The summed E-state index contributed by atoms with van der Waals surface area (Å²) in [6.45, 7) is 4.62. The Morgan fingerprint density at radius 3 is 2.50 bits per heavy atom. The molecule has 0 bridgehead atoms. The van der Waals surface area contributed by atoms with Crippen LogP contribution in [0.2, 0.25) is 0 Å². The van der Waals surface area contributed by atoms with E-state index >= 15 is 0 Å². The highest BCUT2D eigenvalue weighted by Gasteiger charge is 2.38. The van der Waals surface area contributed by atoms with Crippen LogP contribution < -0.4 is 11.1 Å². The molecule has 0 aliphatic carbocycles. The number of aromatic nitrogens is 3. The Balaban J connectivity index is 0.000000406. The maximum absolute atomic E-state index is 13.1. The number of alkyl halides is 3. The number of hydrogen-bond acceptors (Lipinski definition) is 5. The van der Waals surface area contributed by atoms with Gasteiger partial charge in [-0.1, -0.05) is 6.07 Å². The van der Waals surface area contributed by atoms with Crippen molar-refractivity contribution in [1.29, 1.82) is 0 Å².